The van der Waals surface area contributed by atoms with Gasteiger partial charge in [-0.2, -0.15) is 0 Å². The molecule has 1 N–H and O–H groups in total. The number of hydrogen-bond acceptors (Lipinski definition) is 7. The lowest BCUT2D eigenvalue weighted by molar-refractivity contribution is -0.386. The van der Waals surface area contributed by atoms with Crippen molar-refractivity contribution in [1.82, 2.24) is 0 Å². The fraction of sp³-hybridized carbons (Fsp3) is 0.389. The van der Waals surface area contributed by atoms with Crippen LogP contribution in [0.1, 0.15) is 31.4 Å². The normalized spacial score (nSPS) is 12.3. The van der Waals surface area contributed by atoms with Gasteiger partial charge >= 0.3 is 5.97 Å². The Morgan fingerprint density at radius 1 is 1.31 bits per heavy atom. The van der Waals surface area contributed by atoms with Crippen LogP contribution >= 0.6 is 0 Å². The monoisotopic (exact) mass is 365 g/mol. The van der Waals surface area contributed by atoms with Crippen molar-refractivity contribution >= 4 is 11.7 Å². The largest absolute Gasteiger partial charge is 0.493 e. The third-order valence-corrected chi connectivity index (χ3v) is 3.44. The lowest BCUT2D eigenvalue weighted by atomic mass is 10.1. The smallest absolute Gasteiger partial charge is 0.305 e. The minimum Gasteiger partial charge on any atom is -0.493 e. The van der Waals surface area contributed by atoms with Crippen LogP contribution in [0, 0.1) is 10.1 Å². The second-order valence-electron chi connectivity index (χ2n) is 5.20. The molecule has 1 rings (SSSR count). The summed E-state index contributed by atoms with van der Waals surface area (Å²) in [6.07, 6.45) is 5.88. The Morgan fingerprint density at radius 3 is 2.62 bits per heavy atom. The van der Waals surface area contributed by atoms with Crippen molar-refractivity contribution in [3.05, 3.63) is 52.1 Å². The molecule has 8 heteroatoms. The molecule has 1 atom stereocenters. The first-order chi connectivity index (χ1) is 12.4. The standard InChI is InChI=1S/C18H23NO7/c1-4-5-6-8-15(20)13-11-16(24-2)17(12-14(13)19(22)23)26-10-7-9-18(21)25-3/h4-6,8,11-12,15,20H,7,9-10H2,1-3H3/b5-4+,8-6-. The third-order valence-electron chi connectivity index (χ3n) is 3.44. The summed E-state index contributed by atoms with van der Waals surface area (Å²) in [4.78, 5) is 21.9. The molecular formula is C18H23NO7. The summed E-state index contributed by atoms with van der Waals surface area (Å²) in [5, 5.41) is 21.6. The van der Waals surface area contributed by atoms with E-state index in [0.717, 1.165) is 0 Å². The zero-order valence-electron chi connectivity index (χ0n) is 15.0. The second-order valence-corrected chi connectivity index (χ2v) is 5.20. The van der Waals surface area contributed by atoms with Gasteiger partial charge in [-0.3, -0.25) is 14.9 Å². The van der Waals surface area contributed by atoms with Crippen LogP contribution in [0.4, 0.5) is 5.69 Å². The van der Waals surface area contributed by atoms with E-state index in [-0.39, 0.29) is 41.7 Å². The van der Waals surface area contributed by atoms with Gasteiger partial charge in [-0.25, -0.2) is 0 Å². The first-order valence-corrected chi connectivity index (χ1v) is 7.98. The molecule has 0 fully saturated rings. The number of rotatable bonds is 10. The topological polar surface area (TPSA) is 108 Å². The summed E-state index contributed by atoms with van der Waals surface area (Å²) in [5.74, 6) is 0.0533. The summed E-state index contributed by atoms with van der Waals surface area (Å²) >= 11 is 0. The highest BCUT2D eigenvalue weighted by Gasteiger charge is 2.23. The van der Waals surface area contributed by atoms with E-state index in [1.165, 1.54) is 32.4 Å². The van der Waals surface area contributed by atoms with Crippen molar-refractivity contribution in [2.45, 2.75) is 25.9 Å². The molecule has 0 aliphatic carbocycles. The molecule has 0 aliphatic rings. The van der Waals surface area contributed by atoms with Gasteiger partial charge in [-0.1, -0.05) is 24.3 Å². The molecule has 8 nitrogen and oxygen atoms in total. The predicted octanol–water partition coefficient (Wildman–Crippen LogP) is 3.10. The number of nitro benzene ring substituents is 1. The number of aliphatic hydroxyl groups is 1. The zero-order chi connectivity index (χ0) is 19.5. The number of nitrogens with zero attached hydrogens (tertiary/aromatic N) is 1. The van der Waals surface area contributed by atoms with Crippen molar-refractivity contribution in [2.75, 3.05) is 20.8 Å². The molecule has 0 aliphatic heterocycles. The van der Waals surface area contributed by atoms with Crippen molar-refractivity contribution < 1.29 is 29.0 Å². The van der Waals surface area contributed by atoms with E-state index in [2.05, 4.69) is 4.74 Å². The minimum atomic E-state index is -1.17. The van der Waals surface area contributed by atoms with Crippen LogP contribution in [0.15, 0.2) is 36.4 Å². The van der Waals surface area contributed by atoms with E-state index in [4.69, 9.17) is 9.47 Å². The molecule has 142 valence electrons. The Balaban J connectivity index is 3.04. The van der Waals surface area contributed by atoms with Gasteiger partial charge in [0.1, 0.15) is 6.10 Å². The molecule has 0 heterocycles. The molecule has 0 radical (unpaired) electrons. The van der Waals surface area contributed by atoms with Crippen molar-refractivity contribution in [2.24, 2.45) is 0 Å². The maximum Gasteiger partial charge on any atom is 0.305 e. The van der Waals surface area contributed by atoms with Gasteiger partial charge in [-0.15, -0.1) is 0 Å². The Labute approximate surface area is 151 Å². The Hall–Kier alpha value is -2.87. The van der Waals surface area contributed by atoms with Gasteiger partial charge in [0.25, 0.3) is 5.69 Å². The maximum absolute atomic E-state index is 11.4. The van der Waals surface area contributed by atoms with Crippen molar-refractivity contribution in [1.29, 1.82) is 0 Å². The number of carbonyl (C=O) groups excluding carboxylic acids is 1. The van der Waals surface area contributed by atoms with Gasteiger partial charge in [0.15, 0.2) is 11.5 Å². The highest BCUT2D eigenvalue weighted by atomic mass is 16.6. The van der Waals surface area contributed by atoms with E-state index in [1.807, 2.05) is 6.92 Å². The summed E-state index contributed by atoms with van der Waals surface area (Å²) in [7, 11) is 2.69. The average Bonchev–Trinajstić information content (AvgIpc) is 2.64. The van der Waals surface area contributed by atoms with Crippen LogP contribution in [-0.4, -0.2) is 36.8 Å². The second kappa shape index (κ2) is 10.9. The summed E-state index contributed by atoms with van der Waals surface area (Å²) in [6, 6.07) is 2.58. The number of hydrogen-bond donors (Lipinski definition) is 1. The molecule has 0 bridgehead atoms. The molecule has 1 aromatic carbocycles. The van der Waals surface area contributed by atoms with Gasteiger partial charge in [-0.05, 0) is 19.4 Å². The predicted molar refractivity (Wildman–Crippen MR) is 95.3 cm³/mol. The number of benzene rings is 1. The van der Waals surface area contributed by atoms with E-state index >= 15 is 0 Å². The van der Waals surface area contributed by atoms with E-state index < -0.39 is 11.0 Å². The van der Waals surface area contributed by atoms with Gasteiger partial charge in [0.2, 0.25) is 0 Å². The van der Waals surface area contributed by atoms with Crippen molar-refractivity contribution in [3.8, 4) is 11.5 Å². The average molecular weight is 365 g/mol. The van der Waals surface area contributed by atoms with Crippen LogP contribution in [0.5, 0.6) is 11.5 Å². The number of allylic oxidation sites excluding steroid dienone is 3. The minimum absolute atomic E-state index is 0.0921. The molecule has 26 heavy (non-hydrogen) atoms. The molecule has 0 amide bonds. The SMILES string of the molecule is C/C=C/C=C\C(O)c1cc(OC)c(OCCCC(=O)OC)cc1[N+](=O)[O-]. The number of aliphatic hydroxyl groups excluding tert-OH is 1. The van der Waals surface area contributed by atoms with Crippen molar-refractivity contribution in [3.63, 3.8) is 0 Å². The summed E-state index contributed by atoms with van der Waals surface area (Å²) in [5.41, 5.74) is -0.194. The number of esters is 1. The Bertz CT molecular complexity index is 682. The van der Waals surface area contributed by atoms with Crippen LogP contribution in [0.25, 0.3) is 0 Å². The van der Waals surface area contributed by atoms with Crippen LogP contribution in [0.3, 0.4) is 0 Å². The molecular weight excluding hydrogens is 342 g/mol. The highest BCUT2D eigenvalue weighted by Crippen LogP contribution is 2.38. The van der Waals surface area contributed by atoms with E-state index in [1.54, 1.807) is 18.2 Å². The summed E-state index contributed by atoms with van der Waals surface area (Å²) < 4.78 is 15.2. The Morgan fingerprint density at radius 2 is 2.04 bits per heavy atom. The summed E-state index contributed by atoms with van der Waals surface area (Å²) in [6.45, 7) is 1.97. The first-order valence-electron chi connectivity index (χ1n) is 7.98. The molecule has 1 aromatic rings. The molecule has 0 aromatic heterocycles. The molecule has 1 unspecified atom stereocenters. The van der Waals surface area contributed by atoms with Crippen LogP contribution in [-0.2, 0) is 9.53 Å². The lowest BCUT2D eigenvalue weighted by Gasteiger charge is -2.14. The highest BCUT2D eigenvalue weighted by molar-refractivity contribution is 5.69. The van der Waals surface area contributed by atoms with Gasteiger partial charge in [0, 0.05) is 6.42 Å². The van der Waals surface area contributed by atoms with Crippen LogP contribution in [0.2, 0.25) is 0 Å². The molecule has 0 saturated heterocycles. The van der Waals surface area contributed by atoms with Crippen LogP contribution < -0.4 is 9.47 Å². The van der Waals surface area contributed by atoms with Gasteiger partial charge < -0.3 is 19.3 Å². The van der Waals surface area contributed by atoms with Gasteiger partial charge in [0.05, 0.1) is 37.4 Å². The quantitative estimate of drug-likeness (QED) is 0.223. The Kier molecular flexibility index (Phi) is 8.86. The third kappa shape index (κ3) is 6.21. The maximum atomic E-state index is 11.4. The number of carbonyl (C=O) groups is 1. The number of ether oxygens (including phenoxy) is 3. The van der Waals surface area contributed by atoms with E-state index in [0.29, 0.717) is 6.42 Å². The molecule has 0 saturated carbocycles. The first kappa shape index (κ1) is 21.2. The number of nitro groups is 1. The zero-order valence-corrected chi connectivity index (χ0v) is 15.0. The number of methoxy groups -OCH3 is 2. The van der Waals surface area contributed by atoms with E-state index in [9.17, 15) is 20.0 Å². The molecule has 0 spiro atoms. The lowest BCUT2D eigenvalue weighted by Crippen LogP contribution is -2.07. The fourth-order valence-corrected chi connectivity index (χ4v) is 2.12. The fourth-order valence-electron chi connectivity index (χ4n) is 2.12.